The van der Waals surface area contributed by atoms with E-state index < -0.39 is 0 Å². The van der Waals surface area contributed by atoms with E-state index in [-0.39, 0.29) is 5.41 Å². The monoisotopic (exact) mass is 553 g/mol. The Hall–Kier alpha value is -4.72. The van der Waals surface area contributed by atoms with Crippen molar-refractivity contribution < 1.29 is 0 Å². The fourth-order valence-corrected chi connectivity index (χ4v) is 7.74. The van der Waals surface area contributed by atoms with Crippen LogP contribution in [0, 0.1) is 0 Å². The van der Waals surface area contributed by atoms with Crippen molar-refractivity contribution in [2.24, 2.45) is 0 Å². The third-order valence-corrected chi connectivity index (χ3v) is 9.72. The van der Waals surface area contributed by atoms with E-state index in [1.807, 2.05) is 0 Å². The third-order valence-electron chi connectivity index (χ3n) is 9.72. The fraction of sp³-hybridized carbons (Fsp3) is 0.143. The van der Waals surface area contributed by atoms with Gasteiger partial charge in [0.25, 0.3) is 0 Å². The van der Waals surface area contributed by atoms with Gasteiger partial charge in [0.2, 0.25) is 0 Å². The van der Waals surface area contributed by atoms with Crippen LogP contribution in [0.5, 0.6) is 0 Å². The highest BCUT2D eigenvalue weighted by Gasteiger charge is 2.45. The number of hydrogen-bond donors (Lipinski definition) is 0. The molecule has 1 nitrogen and oxygen atoms in total. The molecule has 6 aromatic rings. The summed E-state index contributed by atoms with van der Waals surface area (Å²) in [4.78, 5) is 2.59. The zero-order chi connectivity index (χ0) is 28.8. The molecule has 6 aromatic carbocycles. The van der Waals surface area contributed by atoms with Crippen molar-refractivity contribution in [3.63, 3.8) is 0 Å². The van der Waals surface area contributed by atoms with E-state index in [0.29, 0.717) is 0 Å². The summed E-state index contributed by atoms with van der Waals surface area (Å²) in [6.07, 6.45) is 1.04. The zero-order valence-electron chi connectivity index (χ0n) is 24.6. The van der Waals surface area contributed by atoms with Gasteiger partial charge in [-0.05, 0) is 85.8 Å². The highest BCUT2D eigenvalue weighted by molar-refractivity contribution is 5.86. The van der Waals surface area contributed by atoms with Gasteiger partial charge >= 0.3 is 0 Å². The molecule has 208 valence electrons. The SMILES string of the molecule is CCN(Cc1ccc2c(c1)-c1ccccc1C2(c1ccccc1)c1ccccc1)Cc1cccc2c1Cc1ccccc1-2. The van der Waals surface area contributed by atoms with E-state index in [1.165, 1.54) is 66.8 Å². The minimum atomic E-state index is -0.336. The average Bonchev–Trinajstić information content (AvgIpc) is 3.60. The smallest absolute Gasteiger partial charge is 0.0713 e. The first-order valence-corrected chi connectivity index (χ1v) is 15.5. The van der Waals surface area contributed by atoms with Crippen molar-refractivity contribution in [1.29, 1.82) is 0 Å². The minimum absolute atomic E-state index is 0.336. The Morgan fingerprint density at radius 1 is 0.535 bits per heavy atom. The summed E-state index contributed by atoms with van der Waals surface area (Å²) >= 11 is 0. The Kier molecular flexibility index (Phi) is 6.35. The summed E-state index contributed by atoms with van der Waals surface area (Å²) in [7, 11) is 0. The zero-order valence-corrected chi connectivity index (χ0v) is 24.6. The summed E-state index contributed by atoms with van der Waals surface area (Å²) in [6.45, 7) is 5.17. The lowest BCUT2D eigenvalue weighted by Gasteiger charge is -2.34. The molecule has 0 N–H and O–H groups in total. The number of benzene rings is 6. The molecule has 0 heterocycles. The fourth-order valence-electron chi connectivity index (χ4n) is 7.74. The standard InChI is InChI=1S/C42H35N/c1-2-43(29-32-15-13-22-36-35-20-10-9-14-31(35)27-38(32)36)28-30-24-25-41-39(26-30)37-21-11-12-23-40(37)42(41,33-16-5-3-6-17-33)34-18-7-4-8-19-34/h3-26H,2,27-29H2,1H3. The molecule has 0 saturated heterocycles. The Bertz CT molecular complexity index is 1900. The quantitative estimate of drug-likeness (QED) is 0.190. The van der Waals surface area contributed by atoms with Crippen molar-refractivity contribution >= 4 is 0 Å². The van der Waals surface area contributed by atoms with Gasteiger partial charge < -0.3 is 0 Å². The Morgan fingerprint density at radius 2 is 1.16 bits per heavy atom. The maximum absolute atomic E-state index is 2.59. The van der Waals surface area contributed by atoms with E-state index in [9.17, 15) is 0 Å². The lowest BCUT2D eigenvalue weighted by Crippen LogP contribution is -2.28. The Morgan fingerprint density at radius 3 is 1.91 bits per heavy atom. The van der Waals surface area contributed by atoms with Crippen LogP contribution in [0.4, 0.5) is 0 Å². The maximum atomic E-state index is 2.59. The van der Waals surface area contributed by atoms with E-state index >= 15 is 0 Å². The molecular weight excluding hydrogens is 518 g/mol. The van der Waals surface area contributed by atoms with Crippen molar-refractivity contribution in [2.45, 2.75) is 31.8 Å². The van der Waals surface area contributed by atoms with Gasteiger partial charge in [-0.15, -0.1) is 0 Å². The molecule has 8 rings (SSSR count). The molecule has 0 aromatic heterocycles. The summed E-state index contributed by atoms with van der Waals surface area (Å²) < 4.78 is 0. The van der Waals surface area contributed by atoms with Crippen LogP contribution in [0.25, 0.3) is 22.3 Å². The summed E-state index contributed by atoms with van der Waals surface area (Å²) in [5.74, 6) is 0. The van der Waals surface area contributed by atoms with Crippen molar-refractivity contribution in [2.75, 3.05) is 6.54 Å². The average molecular weight is 554 g/mol. The molecule has 1 heteroatoms. The molecule has 43 heavy (non-hydrogen) atoms. The molecule has 2 aliphatic rings. The lowest BCUT2D eigenvalue weighted by atomic mass is 9.67. The minimum Gasteiger partial charge on any atom is -0.295 e. The third kappa shape index (κ3) is 4.11. The van der Waals surface area contributed by atoms with E-state index in [4.69, 9.17) is 0 Å². The molecule has 0 amide bonds. The first kappa shape index (κ1) is 25.9. The molecule has 0 bridgehead atoms. The van der Waals surface area contributed by atoms with E-state index in [0.717, 1.165) is 26.1 Å². The molecule has 2 aliphatic carbocycles. The van der Waals surface area contributed by atoms with Gasteiger partial charge in [0.05, 0.1) is 5.41 Å². The van der Waals surface area contributed by atoms with Crippen LogP contribution >= 0.6 is 0 Å². The van der Waals surface area contributed by atoms with Gasteiger partial charge in [-0.3, -0.25) is 4.90 Å². The van der Waals surface area contributed by atoms with Crippen LogP contribution < -0.4 is 0 Å². The van der Waals surface area contributed by atoms with Gasteiger partial charge in [0.1, 0.15) is 0 Å². The van der Waals surface area contributed by atoms with Crippen LogP contribution in [-0.2, 0) is 24.9 Å². The molecular formula is C42H35N. The topological polar surface area (TPSA) is 3.24 Å². The van der Waals surface area contributed by atoms with Gasteiger partial charge in [-0.1, -0.05) is 146 Å². The maximum Gasteiger partial charge on any atom is 0.0713 e. The lowest BCUT2D eigenvalue weighted by molar-refractivity contribution is 0.271. The van der Waals surface area contributed by atoms with Crippen LogP contribution in [0.1, 0.15) is 51.4 Å². The van der Waals surface area contributed by atoms with Crippen LogP contribution in [-0.4, -0.2) is 11.4 Å². The molecule has 0 atom stereocenters. The summed E-state index contributed by atoms with van der Waals surface area (Å²) in [6, 6.07) is 54.1. The Balaban J connectivity index is 1.18. The number of fused-ring (bicyclic) bond motifs is 6. The molecule has 0 spiro atoms. The van der Waals surface area contributed by atoms with E-state index in [2.05, 4.69) is 157 Å². The van der Waals surface area contributed by atoms with Crippen molar-refractivity contribution in [3.05, 3.63) is 190 Å². The first-order chi connectivity index (χ1) is 21.3. The van der Waals surface area contributed by atoms with Crippen molar-refractivity contribution in [1.82, 2.24) is 4.90 Å². The van der Waals surface area contributed by atoms with Crippen LogP contribution in [0.3, 0.4) is 0 Å². The second-order valence-corrected chi connectivity index (χ2v) is 12.0. The number of nitrogens with zero attached hydrogens (tertiary/aromatic N) is 1. The highest BCUT2D eigenvalue weighted by atomic mass is 15.1. The predicted molar refractivity (Wildman–Crippen MR) is 178 cm³/mol. The second-order valence-electron chi connectivity index (χ2n) is 12.0. The predicted octanol–water partition coefficient (Wildman–Crippen LogP) is 9.64. The first-order valence-electron chi connectivity index (χ1n) is 15.5. The number of hydrogen-bond acceptors (Lipinski definition) is 1. The molecule has 0 saturated carbocycles. The van der Waals surface area contributed by atoms with Crippen LogP contribution in [0.15, 0.2) is 146 Å². The summed E-state index contributed by atoms with van der Waals surface area (Å²) in [5.41, 5.74) is 16.3. The molecule has 0 radical (unpaired) electrons. The van der Waals surface area contributed by atoms with E-state index in [1.54, 1.807) is 0 Å². The summed E-state index contributed by atoms with van der Waals surface area (Å²) in [5, 5.41) is 0. The Labute approximate surface area is 255 Å². The van der Waals surface area contributed by atoms with Gasteiger partial charge in [-0.2, -0.15) is 0 Å². The van der Waals surface area contributed by atoms with Gasteiger partial charge in [-0.25, -0.2) is 0 Å². The second kappa shape index (κ2) is 10.5. The molecule has 0 aliphatic heterocycles. The van der Waals surface area contributed by atoms with Crippen molar-refractivity contribution in [3.8, 4) is 22.3 Å². The van der Waals surface area contributed by atoms with Crippen LogP contribution in [0.2, 0.25) is 0 Å². The van der Waals surface area contributed by atoms with Gasteiger partial charge in [0.15, 0.2) is 0 Å². The largest absolute Gasteiger partial charge is 0.295 e. The molecule has 0 fully saturated rings. The van der Waals surface area contributed by atoms with Gasteiger partial charge in [0, 0.05) is 13.1 Å². The normalized spacial score (nSPS) is 13.8. The number of rotatable bonds is 7. The highest BCUT2D eigenvalue weighted by Crippen LogP contribution is 2.56. The molecule has 0 unspecified atom stereocenters.